The van der Waals surface area contributed by atoms with Crippen LogP contribution in [-0.2, 0) is 6.42 Å². The van der Waals surface area contributed by atoms with Crippen molar-refractivity contribution < 1.29 is 4.42 Å². The highest BCUT2D eigenvalue weighted by molar-refractivity contribution is 5.05. The third kappa shape index (κ3) is 2.88. The molecule has 0 radical (unpaired) electrons. The number of aryl methyl sites for hydroxylation is 1. The van der Waals surface area contributed by atoms with Crippen LogP contribution in [0.2, 0.25) is 0 Å². The highest BCUT2D eigenvalue weighted by Crippen LogP contribution is 2.13. The summed E-state index contributed by atoms with van der Waals surface area (Å²) in [5.41, 5.74) is 1.33. The van der Waals surface area contributed by atoms with E-state index in [-0.39, 0.29) is 0 Å². The van der Waals surface area contributed by atoms with Gasteiger partial charge >= 0.3 is 0 Å². The van der Waals surface area contributed by atoms with Crippen molar-refractivity contribution in [1.82, 2.24) is 5.32 Å². The van der Waals surface area contributed by atoms with E-state index < -0.39 is 0 Å². The largest absolute Gasteiger partial charge is 0.472 e. The summed E-state index contributed by atoms with van der Waals surface area (Å²) in [6, 6.07) is 2.80. The smallest absolute Gasteiger partial charge is 0.0934 e. The topological polar surface area (TPSA) is 25.2 Å². The monoisotopic (exact) mass is 193 g/mol. The Bertz CT molecular complexity index is 235. The Morgan fingerprint density at radius 3 is 3.21 bits per heavy atom. The second-order valence-electron chi connectivity index (χ2n) is 4.17. The van der Waals surface area contributed by atoms with Gasteiger partial charge in [0.1, 0.15) is 0 Å². The molecule has 1 atom stereocenters. The Labute approximate surface area is 85.7 Å². The molecule has 2 rings (SSSR count). The molecule has 1 N–H and O–H groups in total. The van der Waals surface area contributed by atoms with Crippen molar-refractivity contribution in [3.05, 3.63) is 24.2 Å². The van der Waals surface area contributed by atoms with Crippen LogP contribution in [0.15, 0.2) is 23.0 Å². The maximum Gasteiger partial charge on any atom is 0.0934 e. The first kappa shape index (κ1) is 9.78. The Kier molecular flexibility index (Phi) is 3.64. The predicted octanol–water partition coefficient (Wildman–Crippen LogP) is 2.74. The third-order valence-electron chi connectivity index (χ3n) is 3.02. The lowest BCUT2D eigenvalue weighted by Crippen LogP contribution is -2.28. The molecular weight excluding hydrogens is 174 g/mol. The van der Waals surface area contributed by atoms with Gasteiger partial charge in [0.05, 0.1) is 12.5 Å². The highest BCUT2D eigenvalue weighted by Gasteiger charge is 2.11. The van der Waals surface area contributed by atoms with Crippen molar-refractivity contribution >= 4 is 0 Å². The molecule has 0 aliphatic carbocycles. The molecule has 1 unspecified atom stereocenters. The zero-order valence-electron chi connectivity index (χ0n) is 8.67. The summed E-state index contributed by atoms with van der Waals surface area (Å²) in [6.07, 6.45) is 11.5. The molecular formula is C12H19NO. The van der Waals surface area contributed by atoms with Gasteiger partial charge in [0.25, 0.3) is 0 Å². The molecule has 1 fully saturated rings. The Morgan fingerprint density at radius 1 is 1.36 bits per heavy atom. The summed E-state index contributed by atoms with van der Waals surface area (Å²) in [5.74, 6) is 0. The molecule has 2 heterocycles. The number of furan rings is 1. The van der Waals surface area contributed by atoms with E-state index in [1.165, 1.54) is 44.2 Å². The van der Waals surface area contributed by atoms with E-state index in [4.69, 9.17) is 4.42 Å². The molecule has 2 heteroatoms. The lowest BCUT2D eigenvalue weighted by Gasteiger charge is -2.14. The first-order valence-electron chi connectivity index (χ1n) is 5.69. The summed E-state index contributed by atoms with van der Waals surface area (Å²) in [5, 5.41) is 3.61. The van der Waals surface area contributed by atoms with Gasteiger partial charge in [0.2, 0.25) is 0 Å². The van der Waals surface area contributed by atoms with Crippen LogP contribution in [0.25, 0.3) is 0 Å². The fourth-order valence-corrected chi connectivity index (χ4v) is 2.12. The van der Waals surface area contributed by atoms with Gasteiger partial charge in [-0.1, -0.05) is 12.8 Å². The van der Waals surface area contributed by atoms with Crippen LogP contribution in [0, 0.1) is 0 Å². The summed E-state index contributed by atoms with van der Waals surface area (Å²) in [7, 11) is 0. The summed E-state index contributed by atoms with van der Waals surface area (Å²) < 4.78 is 5.06. The van der Waals surface area contributed by atoms with Crippen molar-refractivity contribution in [3.8, 4) is 0 Å². The van der Waals surface area contributed by atoms with Crippen molar-refractivity contribution in [2.45, 2.75) is 44.6 Å². The van der Waals surface area contributed by atoms with Crippen LogP contribution in [0.3, 0.4) is 0 Å². The van der Waals surface area contributed by atoms with Crippen LogP contribution in [0.5, 0.6) is 0 Å². The van der Waals surface area contributed by atoms with Gasteiger partial charge in [0.15, 0.2) is 0 Å². The predicted molar refractivity (Wildman–Crippen MR) is 57.3 cm³/mol. The molecule has 0 aromatic carbocycles. The van der Waals surface area contributed by atoms with Crippen molar-refractivity contribution in [3.63, 3.8) is 0 Å². The summed E-state index contributed by atoms with van der Waals surface area (Å²) >= 11 is 0. The molecule has 1 saturated heterocycles. The van der Waals surface area contributed by atoms with Gasteiger partial charge < -0.3 is 9.73 Å². The third-order valence-corrected chi connectivity index (χ3v) is 3.02. The fraction of sp³-hybridized carbons (Fsp3) is 0.667. The first-order valence-corrected chi connectivity index (χ1v) is 5.69. The molecule has 78 valence electrons. The Hall–Kier alpha value is -0.760. The highest BCUT2D eigenvalue weighted by atomic mass is 16.3. The standard InChI is InChI=1S/C12H19NO/c1-2-4-12(13-8-3-1)6-5-11-7-9-14-10-11/h7,9-10,12-13H,1-6,8H2. The molecule has 1 aromatic rings. The van der Waals surface area contributed by atoms with Gasteiger partial charge in [-0.2, -0.15) is 0 Å². The van der Waals surface area contributed by atoms with Crippen molar-refractivity contribution in [1.29, 1.82) is 0 Å². The van der Waals surface area contributed by atoms with Gasteiger partial charge in [-0.3, -0.25) is 0 Å². The van der Waals surface area contributed by atoms with E-state index in [2.05, 4.69) is 11.4 Å². The summed E-state index contributed by atoms with van der Waals surface area (Å²) in [4.78, 5) is 0. The van der Waals surface area contributed by atoms with Crippen LogP contribution in [-0.4, -0.2) is 12.6 Å². The molecule has 1 aliphatic rings. The van der Waals surface area contributed by atoms with E-state index in [1.807, 2.05) is 6.26 Å². The maximum absolute atomic E-state index is 5.06. The zero-order valence-corrected chi connectivity index (χ0v) is 8.67. The number of nitrogens with one attached hydrogen (secondary N) is 1. The molecule has 14 heavy (non-hydrogen) atoms. The number of hydrogen-bond donors (Lipinski definition) is 1. The van der Waals surface area contributed by atoms with E-state index in [0.717, 1.165) is 12.5 Å². The average Bonchev–Trinajstić information content (AvgIpc) is 2.58. The summed E-state index contributed by atoms with van der Waals surface area (Å²) in [6.45, 7) is 1.20. The van der Waals surface area contributed by atoms with E-state index >= 15 is 0 Å². The molecule has 2 nitrogen and oxygen atoms in total. The fourth-order valence-electron chi connectivity index (χ4n) is 2.12. The Balaban J connectivity index is 1.73. The van der Waals surface area contributed by atoms with Crippen LogP contribution >= 0.6 is 0 Å². The van der Waals surface area contributed by atoms with Crippen molar-refractivity contribution in [2.24, 2.45) is 0 Å². The van der Waals surface area contributed by atoms with Crippen LogP contribution in [0.1, 0.15) is 37.7 Å². The van der Waals surface area contributed by atoms with Gasteiger partial charge in [-0.15, -0.1) is 0 Å². The number of hydrogen-bond acceptors (Lipinski definition) is 2. The number of rotatable bonds is 3. The minimum absolute atomic E-state index is 0.729. The second-order valence-corrected chi connectivity index (χ2v) is 4.17. The first-order chi connectivity index (χ1) is 6.95. The minimum Gasteiger partial charge on any atom is -0.472 e. The normalized spacial score (nSPS) is 23.3. The average molecular weight is 193 g/mol. The lowest BCUT2D eigenvalue weighted by atomic mass is 10.0. The van der Waals surface area contributed by atoms with Gasteiger partial charge in [-0.25, -0.2) is 0 Å². The molecule has 0 spiro atoms. The van der Waals surface area contributed by atoms with E-state index in [1.54, 1.807) is 6.26 Å². The SMILES string of the molecule is c1cc(CCC2CCCCCN2)co1. The molecule has 0 amide bonds. The molecule has 0 bridgehead atoms. The van der Waals surface area contributed by atoms with Crippen LogP contribution < -0.4 is 5.32 Å². The zero-order chi connectivity index (χ0) is 9.64. The molecule has 1 aliphatic heterocycles. The van der Waals surface area contributed by atoms with Gasteiger partial charge in [-0.05, 0) is 43.9 Å². The van der Waals surface area contributed by atoms with Gasteiger partial charge in [0, 0.05) is 6.04 Å². The second kappa shape index (κ2) is 5.20. The minimum atomic E-state index is 0.729. The molecule has 1 aromatic heterocycles. The quantitative estimate of drug-likeness (QED) is 0.798. The van der Waals surface area contributed by atoms with E-state index in [9.17, 15) is 0 Å². The Morgan fingerprint density at radius 2 is 2.36 bits per heavy atom. The molecule has 0 saturated carbocycles. The van der Waals surface area contributed by atoms with Crippen LogP contribution in [0.4, 0.5) is 0 Å². The van der Waals surface area contributed by atoms with E-state index in [0.29, 0.717) is 0 Å². The van der Waals surface area contributed by atoms with Crippen molar-refractivity contribution in [2.75, 3.05) is 6.54 Å². The maximum atomic E-state index is 5.06. The lowest BCUT2D eigenvalue weighted by molar-refractivity contribution is 0.476.